The van der Waals surface area contributed by atoms with Crippen molar-refractivity contribution in [1.29, 1.82) is 0 Å². The third kappa shape index (κ3) is 6.98. The second-order valence-corrected chi connectivity index (χ2v) is 7.69. The van der Waals surface area contributed by atoms with Crippen LogP contribution >= 0.6 is 11.8 Å². The molecule has 3 N–H and O–H groups in total. The summed E-state index contributed by atoms with van der Waals surface area (Å²) in [7, 11) is 0. The number of hydrogen-bond donors (Lipinski definition) is 2. The Kier molecular flexibility index (Phi) is 8.12. The van der Waals surface area contributed by atoms with E-state index in [9.17, 15) is 4.79 Å². The third-order valence-electron chi connectivity index (χ3n) is 4.29. The van der Waals surface area contributed by atoms with E-state index >= 15 is 0 Å². The lowest BCUT2D eigenvalue weighted by molar-refractivity contribution is -0.119. The smallest absolute Gasteiger partial charge is 0.217 e. The number of piperidine rings is 1. The second-order valence-electron chi connectivity index (χ2n) is 6.52. The number of nitrogens with one attached hydrogen (secondary N) is 1. The van der Waals surface area contributed by atoms with Crippen LogP contribution in [0.3, 0.4) is 0 Å². The van der Waals surface area contributed by atoms with Crippen molar-refractivity contribution in [2.45, 2.75) is 38.0 Å². The minimum atomic E-state index is -0.205. The maximum Gasteiger partial charge on any atom is 0.217 e. The SMILES string of the molecule is CCNC(=NCCSc1ccc(C)cc1)N1CCCC(CC(N)=O)C1. The van der Waals surface area contributed by atoms with E-state index in [4.69, 9.17) is 10.7 Å². The van der Waals surface area contributed by atoms with Crippen LogP contribution in [0.4, 0.5) is 0 Å². The number of likely N-dealkylation sites (tertiary alicyclic amines) is 1. The fourth-order valence-electron chi connectivity index (χ4n) is 3.08. The number of carbonyl (C=O) groups is 1. The van der Waals surface area contributed by atoms with Gasteiger partial charge in [0.1, 0.15) is 0 Å². The Morgan fingerprint density at radius 1 is 1.40 bits per heavy atom. The Hall–Kier alpha value is -1.69. The van der Waals surface area contributed by atoms with E-state index < -0.39 is 0 Å². The summed E-state index contributed by atoms with van der Waals surface area (Å²) in [6, 6.07) is 8.60. The zero-order chi connectivity index (χ0) is 18.1. The zero-order valence-electron chi connectivity index (χ0n) is 15.3. The lowest BCUT2D eigenvalue weighted by Gasteiger charge is -2.34. The third-order valence-corrected chi connectivity index (χ3v) is 5.28. The summed E-state index contributed by atoms with van der Waals surface area (Å²) >= 11 is 1.83. The molecule has 0 radical (unpaired) electrons. The van der Waals surface area contributed by atoms with E-state index in [1.165, 1.54) is 10.5 Å². The average Bonchev–Trinajstić information content (AvgIpc) is 2.59. The number of primary amides is 1. The predicted octanol–water partition coefficient (Wildman–Crippen LogP) is 2.64. The van der Waals surface area contributed by atoms with E-state index in [1.54, 1.807) is 0 Å². The first-order chi connectivity index (χ1) is 12.1. The molecule has 1 aliphatic rings. The van der Waals surface area contributed by atoms with Crippen LogP contribution in [-0.2, 0) is 4.79 Å². The van der Waals surface area contributed by atoms with Crippen LogP contribution in [0.2, 0.25) is 0 Å². The Bertz CT molecular complexity index is 573. The molecule has 1 unspecified atom stereocenters. The monoisotopic (exact) mass is 362 g/mol. The van der Waals surface area contributed by atoms with Crippen LogP contribution in [0, 0.1) is 12.8 Å². The highest BCUT2D eigenvalue weighted by molar-refractivity contribution is 7.99. The molecule has 0 aromatic heterocycles. The van der Waals surface area contributed by atoms with Crippen molar-refractivity contribution in [2.24, 2.45) is 16.6 Å². The van der Waals surface area contributed by atoms with Crippen molar-refractivity contribution in [3.05, 3.63) is 29.8 Å². The number of guanidine groups is 1. The molecule has 2 rings (SSSR count). The summed E-state index contributed by atoms with van der Waals surface area (Å²) in [6.45, 7) is 7.66. The van der Waals surface area contributed by atoms with Crippen molar-refractivity contribution >= 4 is 23.6 Å². The first kappa shape index (κ1) is 19.6. The minimum absolute atomic E-state index is 0.205. The molecule has 1 aromatic rings. The normalized spacial score (nSPS) is 18.2. The van der Waals surface area contributed by atoms with Crippen LogP contribution in [-0.4, -0.2) is 48.7 Å². The largest absolute Gasteiger partial charge is 0.370 e. The fourth-order valence-corrected chi connectivity index (χ4v) is 3.83. The maximum absolute atomic E-state index is 11.2. The van der Waals surface area contributed by atoms with Gasteiger partial charge >= 0.3 is 0 Å². The van der Waals surface area contributed by atoms with Crippen LogP contribution in [0.15, 0.2) is 34.2 Å². The predicted molar refractivity (Wildman–Crippen MR) is 106 cm³/mol. The van der Waals surface area contributed by atoms with E-state index in [0.29, 0.717) is 12.3 Å². The van der Waals surface area contributed by atoms with Gasteiger partial charge in [-0.15, -0.1) is 11.8 Å². The molecule has 138 valence electrons. The molecule has 1 fully saturated rings. The fraction of sp³-hybridized carbons (Fsp3) is 0.579. The van der Waals surface area contributed by atoms with Gasteiger partial charge in [0.05, 0.1) is 6.54 Å². The zero-order valence-corrected chi connectivity index (χ0v) is 16.1. The number of amides is 1. The first-order valence-electron chi connectivity index (χ1n) is 9.09. The number of carbonyl (C=O) groups excluding carboxylic acids is 1. The second kappa shape index (κ2) is 10.3. The lowest BCUT2D eigenvalue weighted by atomic mass is 9.95. The molecule has 0 bridgehead atoms. The summed E-state index contributed by atoms with van der Waals surface area (Å²) in [5, 5.41) is 3.38. The molecule has 1 heterocycles. The number of rotatable bonds is 7. The molecule has 1 aromatic carbocycles. The average molecular weight is 363 g/mol. The number of nitrogens with two attached hydrogens (primary N) is 1. The van der Waals surface area contributed by atoms with Crippen LogP contribution in [0.5, 0.6) is 0 Å². The van der Waals surface area contributed by atoms with Gasteiger partial charge in [-0.3, -0.25) is 9.79 Å². The van der Waals surface area contributed by atoms with E-state index in [1.807, 2.05) is 11.8 Å². The lowest BCUT2D eigenvalue weighted by Crippen LogP contribution is -2.47. The Labute approximate surface area is 155 Å². The molecule has 6 heteroatoms. The summed E-state index contributed by atoms with van der Waals surface area (Å²) in [5.74, 6) is 2.05. The number of benzene rings is 1. The molecule has 0 saturated carbocycles. The topological polar surface area (TPSA) is 70.7 Å². The van der Waals surface area contributed by atoms with Gasteiger partial charge in [-0.2, -0.15) is 0 Å². The van der Waals surface area contributed by atoms with E-state index in [0.717, 1.165) is 50.7 Å². The number of aryl methyl sites for hydroxylation is 1. The van der Waals surface area contributed by atoms with Crippen LogP contribution in [0.25, 0.3) is 0 Å². The molecular formula is C19H30N4OS. The Morgan fingerprint density at radius 2 is 2.16 bits per heavy atom. The van der Waals surface area contributed by atoms with E-state index in [2.05, 4.69) is 48.3 Å². The number of thioether (sulfide) groups is 1. The Balaban J connectivity index is 1.86. The van der Waals surface area contributed by atoms with Gasteiger partial charge < -0.3 is 16.0 Å². The van der Waals surface area contributed by atoms with Crippen molar-refractivity contribution in [2.75, 3.05) is 31.9 Å². The van der Waals surface area contributed by atoms with Gasteiger partial charge in [0, 0.05) is 36.7 Å². The molecule has 1 atom stereocenters. The van der Waals surface area contributed by atoms with Crippen LogP contribution in [0.1, 0.15) is 31.7 Å². The molecule has 25 heavy (non-hydrogen) atoms. The molecule has 5 nitrogen and oxygen atoms in total. The maximum atomic E-state index is 11.2. The number of aliphatic imine (C=N–C) groups is 1. The van der Waals surface area contributed by atoms with Gasteiger partial charge in [-0.05, 0) is 44.7 Å². The van der Waals surface area contributed by atoms with Crippen molar-refractivity contribution < 1.29 is 4.79 Å². The number of hydrogen-bond acceptors (Lipinski definition) is 3. The van der Waals surface area contributed by atoms with E-state index in [-0.39, 0.29) is 5.91 Å². The molecule has 1 amide bonds. The molecule has 0 spiro atoms. The molecule has 0 aliphatic carbocycles. The minimum Gasteiger partial charge on any atom is -0.370 e. The Morgan fingerprint density at radius 3 is 2.84 bits per heavy atom. The highest BCUT2D eigenvalue weighted by Crippen LogP contribution is 2.20. The summed E-state index contributed by atoms with van der Waals surface area (Å²) in [5.41, 5.74) is 6.64. The quantitative estimate of drug-likeness (QED) is 0.339. The highest BCUT2D eigenvalue weighted by Gasteiger charge is 2.23. The van der Waals surface area contributed by atoms with Gasteiger partial charge in [0.15, 0.2) is 5.96 Å². The van der Waals surface area contributed by atoms with Gasteiger partial charge in [0.25, 0.3) is 0 Å². The van der Waals surface area contributed by atoms with Crippen LogP contribution < -0.4 is 11.1 Å². The molecule has 1 aliphatic heterocycles. The van der Waals surface area contributed by atoms with Crippen molar-refractivity contribution in [1.82, 2.24) is 10.2 Å². The van der Waals surface area contributed by atoms with Crippen molar-refractivity contribution in [3.63, 3.8) is 0 Å². The highest BCUT2D eigenvalue weighted by atomic mass is 32.2. The summed E-state index contributed by atoms with van der Waals surface area (Å²) < 4.78 is 0. The summed E-state index contributed by atoms with van der Waals surface area (Å²) in [6.07, 6.45) is 2.63. The standard InChI is InChI=1S/C19H30N4OS/c1-3-21-19(23-11-4-5-16(14-23)13-18(20)24)22-10-12-25-17-8-6-15(2)7-9-17/h6-9,16H,3-5,10-14H2,1-2H3,(H2,20,24)(H,21,22). The molecular weight excluding hydrogens is 332 g/mol. The molecule has 1 saturated heterocycles. The van der Waals surface area contributed by atoms with Gasteiger partial charge in [0.2, 0.25) is 5.91 Å². The number of nitrogens with zero attached hydrogens (tertiary/aromatic N) is 2. The van der Waals surface area contributed by atoms with Gasteiger partial charge in [-0.25, -0.2) is 0 Å². The van der Waals surface area contributed by atoms with Crippen molar-refractivity contribution in [3.8, 4) is 0 Å². The summed E-state index contributed by atoms with van der Waals surface area (Å²) in [4.78, 5) is 19.5. The van der Waals surface area contributed by atoms with Gasteiger partial charge in [-0.1, -0.05) is 17.7 Å². The first-order valence-corrected chi connectivity index (χ1v) is 10.1.